The van der Waals surface area contributed by atoms with E-state index >= 15 is 0 Å². The van der Waals surface area contributed by atoms with E-state index in [1.165, 1.54) is 0 Å². The second-order valence-corrected chi connectivity index (χ2v) is 4.72. The molecule has 14 heavy (non-hydrogen) atoms. The van der Waals surface area contributed by atoms with E-state index in [1.54, 1.807) is 0 Å². The van der Waals surface area contributed by atoms with Crippen molar-refractivity contribution in [1.29, 1.82) is 0 Å². The lowest BCUT2D eigenvalue weighted by molar-refractivity contribution is -0.143. The average molecular weight is 200 g/mol. The summed E-state index contributed by atoms with van der Waals surface area (Å²) >= 11 is 0. The molecule has 0 saturated carbocycles. The Morgan fingerprint density at radius 3 is 2.64 bits per heavy atom. The number of hydrogen-bond acceptors (Lipinski definition) is 2. The van der Waals surface area contributed by atoms with Crippen LogP contribution in [0.5, 0.6) is 0 Å². The monoisotopic (exact) mass is 200 g/mol. The molecule has 3 heteroatoms. The lowest BCUT2D eigenvalue weighted by atomic mass is 9.97. The molecular formula is C11H20O3. The number of ether oxygens (including phenoxy) is 1. The van der Waals surface area contributed by atoms with E-state index in [2.05, 4.69) is 13.8 Å². The summed E-state index contributed by atoms with van der Waals surface area (Å²) in [7, 11) is 0. The van der Waals surface area contributed by atoms with Crippen molar-refractivity contribution in [1.82, 2.24) is 0 Å². The number of carboxylic acids is 1. The van der Waals surface area contributed by atoms with Gasteiger partial charge < -0.3 is 9.84 Å². The predicted octanol–water partition coefficient (Wildman–Crippen LogP) is 2.44. The third-order valence-corrected chi connectivity index (χ3v) is 2.94. The van der Waals surface area contributed by atoms with E-state index in [0.717, 1.165) is 12.8 Å². The lowest BCUT2D eigenvalue weighted by Gasteiger charge is -2.20. The molecule has 0 aliphatic carbocycles. The number of hydrogen-bond donors (Lipinski definition) is 1. The summed E-state index contributed by atoms with van der Waals surface area (Å²) in [5, 5.41) is 8.91. The first-order valence-electron chi connectivity index (χ1n) is 5.35. The van der Waals surface area contributed by atoms with Gasteiger partial charge in [0, 0.05) is 0 Å². The fourth-order valence-corrected chi connectivity index (χ4v) is 2.00. The lowest BCUT2D eigenvalue weighted by Crippen LogP contribution is -2.24. The summed E-state index contributed by atoms with van der Waals surface area (Å²) in [6, 6.07) is 0. The highest BCUT2D eigenvalue weighted by Gasteiger charge is 2.33. The maximum Gasteiger partial charge on any atom is 0.306 e. The van der Waals surface area contributed by atoms with Crippen molar-refractivity contribution in [3.8, 4) is 0 Å². The van der Waals surface area contributed by atoms with Crippen LogP contribution in [0.25, 0.3) is 0 Å². The maximum atomic E-state index is 10.8. The van der Waals surface area contributed by atoms with Gasteiger partial charge >= 0.3 is 5.97 Å². The topological polar surface area (TPSA) is 46.5 Å². The molecule has 1 saturated heterocycles. The minimum Gasteiger partial charge on any atom is -0.481 e. The van der Waals surface area contributed by atoms with Crippen LogP contribution in [0.4, 0.5) is 0 Å². The molecule has 0 amide bonds. The molecule has 1 rings (SSSR count). The first-order valence-corrected chi connectivity index (χ1v) is 5.35. The first kappa shape index (κ1) is 11.5. The summed E-state index contributed by atoms with van der Waals surface area (Å²) in [6.07, 6.45) is 3.53. The van der Waals surface area contributed by atoms with Gasteiger partial charge in [0.05, 0.1) is 17.6 Å². The van der Waals surface area contributed by atoms with Crippen molar-refractivity contribution in [3.63, 3.8) is 0 Å². The van der Waals surface area contributed by atoms with Crippen molar-refractivity contribution in [2.24, 2.45) is 5.92 Å². The van der Waals surface area contributed by atoms with Crippen LogP contribution in [0.3, 0.4) is 0 Å². The highest BCUT2D eigenvalue weighted by atomic mass is 16.5. The molecule has 0 aromatic rings. The van der Waals surface area contributed by atoms with Crippen LogP contribution in [0.2, 0.25) is 0 Å². The Bertz CT molecular complexity index is 211. The van der Waals surface area contributed by atoms with E-state index < -0.39 is 5.97 Å². The van der Waals surface area contributed by atoms with Crippen molar-refractivity contribution in [2.75, 3.05) is 0 Å². The van der Waals surface area contributed by atoms with Gasteiger partial charge in [-0.1, -0.05) is 6.92 Å². The molecule has 82 valence electrons. The second kappa shape index (κ2) is 4.30. The van der Waals surface area contributed by atoms with Gasteiger partial charge in [0.15, 0.2) is 0 Å². The van der Waals surface area contributed by atoms with E-state index in [0.29, 0.717) is 12.8 Å². The molecule has 1 N–H and O–H groups in total. The Morgan fingerprint density at radius 1 is 1.64 bits per heavy atom. The van der Waals surface area contributed by atoms with E-state index in [4.69, 9.17) is 9.84 Å². The van der Waals surface area contributed by atoms with Crippen LogP contribution in [0.1, 0.15) is 46.5 Å². The zero-order valence-electron chi connectivity index (χ0n) is 9.25. The fourth-order valence-electron chi connectivity index (χ4n) is 2.00. The molecule has 1 aliphatic heterocycles. The number of aliphatic carboxylic acids is 1. The zero-order valence-corrected chi connectivity index (χ0v) is 9.25. The van der Waals surface area contributed by atoms with Crippen LogP contribution >= 0.6 is 0 Å². The van der Waals surface area contributed by atoms with Crippen molar-refractivity contribution in [2.45, 2.75) is 58.2 Å². The van der Waals surface area contributed by atoms with Gasteiger partial charge in [-0.25, -0.2) is 0 Å². The molecule has 2 atom stereocenters. The van der Waals surface area contributed by atoms with Gasteiger partial charge in [-0.15, -0.1) is 0 Å². The van der Waals surface area contributed by atoms with Gasteiger partial charge in [0.2, 0.25) is 0 Å². The third kappa shape index (κ3) is 2.98. The summed E-state index contributed by atoms with van der Waals surface area (Å²) in [5.41, 5.74) is -0.0541. The van der Waals surface area contributed by atoms with Gasteiger partial charge in [-0.3, -0.25) is 4.79 Å². The summed E-state index contributed by atoms with van der Waals surface area (Å²) in [5.74, 6) is -0.935. The highest BCUT2D eigenvalue weighted by Crippen LogP contribution is 2.32. The SMILES string of the molecule is CCC(CC1CCC(C)(C)O1)C(=O)O. The fraction of sp³-hybridized carbons (Fsp3) is 0.909. The molecule has 2 unspecified atom stereocenters. The van der Waals surface area contributed by atoms with Crippen molar-refractivity contribution >= 4 is 5.97 Å². The van der Waals surface area contributed by atoms with Crippen molar-refractivity contribution in [3.05, 3.63) is 0 Å². The molecular weight excluding hydrogens is 180 g/mol. The Kier molecular flexibility index (Phi) is 3.53. The zero-order chi connectivity index (χ0) is 10.8. The van der Waals surface area contributed by atoms with Gasteiger partial charge in [-0.05, 0) is 39.5 Å². The minimum absolute atomic E-state index is 0.0541. The van der Waals surface area contributed by atoms with Crippen LogP contribution in [-0.2, 0) is 9.53 Å². The van der Waals surface area contributed by atoms with Crippen LogP contribution in [-0.4, -0.2) is 22.8 Å². The standard InChI is InChI=1S/C11H20O3/c1-4-8(10(12)13)7-9-5-6-11(2,3)14-9/h8-9H,4-7H2,1-3H3,(H,12,13). The summed E-state index contributed by atoms with van der Waals surface area (Å²) in [4.78, 5) is 10.8. The van der Waals surface area contributed by atoms with Crippen LogP contribution in [0, 0.1) is 5.92 Å². The Morgan fingerprint density at radius 2 is 2.29 bits per heavy atom. The molecule has 3 nitrogen and oxygen atoms in total. The molecule has 1 heterocycles. The molecule has 0 aromatic heterocycles. The molecule has 1 fully saturated rings. The molecule has 0 spiro atoms. The van der Waals surface area contributed by atoms with Gasteiger partial charge in [-0.2, -0.15) is 0 Å². The van der Waals surface area contributed by atoms with Gasteiger partial charge in [0.25, 0.3) is 0 Å². The number of rotatable bonds is 4. The Balaban J connectivity index is 2.42. The Labute approximate surface area is 85.5 Å². The second-order valence-electron chi connectivity index (χ2n) is 4.72. The molecule has 0 bridgehead atoms. The van der Waals surface area contributed by atoms with E-state index in [9.17, 15) is 4.79 Å². The van der Waals surface area contributed by atoms with Crippen molar-refractivity contribution < 1.29 is 14.6 Å². The predicted molar refractivity (Wildman–Crippen MR) is 54.2 cm³/mol. The third-order valence-electron chi connectivity index (χ3n) is 2.94. The Hall–Kier alpha value is -0.570. The minimum atomic E-state index is -0.694. The molecule has 1 aliphatic rings. The number of carboxylic acid groups (broad SMARTS) is 1. The van der Waals surface area contributed by atoms with Gasteiger partial charge in [0.1, 0.15) is 0 Å². The van der Waals surface area contributed by atoms with E-state index in [1.807, 2.05) is 6.92 Å². The summed E-state index contributed by atoms with van der Waals surface area (Å²) < 4.78 is 5.77. The van der Waals surface area contributed by atoms with Crippen LogP contribution < -0.4 is 0 Å². The largest absolute Gasteiger partial charge is 0.481 e. The van der Waals surface area contributed by atoms with Crippen LogP contribution in [0.15, 0.2) is 0 Å². The van der Waals surface area contributed by atoms with E-state index in [-0.39, 0.29) is 17.6 Å². The maximum absolute atomic E-state index is 10.8. The molecule has 0 radical (unpaired) electrons. The molecule has 0 aromatic carbocycles. The normalized spacial score (nSPS) is 27.5. The summed E-state index contributed by atoms with van der Waals surface area (Å²) in [6.45, 7) is 6.04. The quantitative estimate of drug-likeness (QED) is 0.758. The first-order chi connectivity index (χ1) is 6.44. The number of carbonyl (C=O) groups is 1. The average Bonchev–Trinajstić information content (AvgIpc) is 2.41. The smallest absolute Gasteiger partial charge is 0.306 e. The highest BCUT2D eigenvalue weighted by molar-refractivity contribution is 5.69.